The molecule has 7 heteroatoms. The molecule has 1 aromatic carbocycles. The second-order valence-electron chi connectivity index (χ2n) is 7.17. The van der Waals surface area contributed by atoms with Crippen molar-refractivity contribution in [2.45, 2.75) is 44.9 Å². The van der Waals surface area contributed by atoms with Crippen LogP contribution >= 0.6 is 11.3 Å². The van der Waals surface area contributed by atoms with E-state index in [4.69, 9.17) is 4.74 Å². The van der Waals surface area contributed by atoms with Gasteiger partial charge in [0.1, 0.15) is 10.6 Å². The van der Waals surface area contributed by atoms with Crippen molar-refractivity contribution in [3.8, 4) is 11.1 Å². The summed E-state index contributed by atoms with van der Waals surface area (Å²) in [4.78, 5) is 35.1. The molecule has 1 aliphatic carbocycles. The average Bonchev–Trinajstić information content (AvgIpc) is 3.16. The first-order valence-electron chi connectivity index (χ1n) is 10.1. The van der Waals surface area contributed by atoms with E-state index in [1.807, 2.05) is 12.1 Å². The largest absolute Gasteiger partial charge is 0.545 e. The minimum atomic E-state index is -1.47. The van der Waals surface area contributed by atoms with E-state index in [1.165, 1.54) is 49.0 Å². The summed E-state index contributed by atoms with van der Waals surface area (Å²) in [7, 11) is 0. The summed E-state index contributed by atoms with van der Waals surface area (Å²) in [5, 5.41) is 15.2. The first kappa shape index (κ1) is 21.8. The molecule has 0 atom stereocenters. The fourth-order valence-corrected chi connectivity index (χ4v) is 4.70. The van der Waals surface area contributed by atoms with Gasteiger partial charge in [0.25, 0.3) is 0 Å². The molecule has 1 heterocycles. The zero-order chi connectivity index (χ0) is 21.5. The fourth-order valence-electron chi connectivity index (χ4n) is 3.74. The van der Waals surface area contributed by atoms with Gasteiger partial charge in [0, 0.05) is 17.0 Å². The molecule has 0 bridgehead atoms. The molecule has 1 amide bonds. The SMILES string of the molecule is CCOC(=O)c1c(-c2ccc(C3CCCCC3)cc2)csc1NC(=O)C=CC(=O)[O-]. The molecule has 0 radical (unpaired) electrons. The smallest absolute Gasteiger partial charge is 0.341 e. The number of amides is 1. The summed E-state index contributed by atoms with van der Waals surface area (Å²) in [6.07, 6.45) is 7.74. The summed E-state index contributed by atoms with van der Waals surface area (Å²) in [6.45, 7) is 1.91. The van der Waals surface area contributed by atoms with Crippen LogP contribution in [0.5, 0.6) is 0 Å². The molecule has 1 saturated carbocycles. The lowest BCUT2D eigenvalue weighted by molar-refractivity contribution is -0.297. The number of carboxylic acid groups (broad SMARTS) is 1. The van der Waals surface area contributed by atoms with Crippen LogP contribution in [0.2, 0.25) is 0 Å². The van der Waals surface area contributed by atoms with Crippen molar-refractivity contribution >= 4 is 34.2 Å². The lowest BCUT2D eigenvalue weighted by atomic mass is 9.83. The maximum absolute atomic E-state index is 12.6. The molecule has 2 aromatic rings. The van der Waals surface area contributed by atoms with Crippen molar-refractivity contribution in [2.75, 3.05) is 11.9 Å². The monoisotopic (exact) mass is 426 g/mol. The number of carbonyl (C=O) groups is 3. The van der Waals surface area contributed by atoms with E-state index in [9.17, 15) is 19.5 Å². The van der Waals surface area contributed by atoms with Gasteiger partial charge in [-0.3, -0.25) is 4.79 Å². The van der Waals surface area contributed by atoms with Crippen LogP contribution in [0.1, 0.15) is 60.9 Å². The Bertz CT molecular complexity index is 939. The minimum absolute atomic E-state index is 0.201. The van der Waals surface area contributed by atoms with E-state index in [0.717, 1.165) is 11.6 Å². The molecule has 1 fully saturated rings. The van der Waals surface area contributed by atoms with Gasteiger partial charge in [-0.25, -0.2) is 4.79 Å². The number of thiophene rings is 1. The third-order valence-corrected chi connectivity index (χ3v) is 6.07. The topological polar surface area (TPSA) is 95.5 Å². The molecule has 1 N–H and O–H groups in total. The van der Waals surface area contributed by atoms with Crippen LogP contribution in [0, 0.1) is 0 Å². The molecule has 30 heavy (non-hydrogen) atoms. The highest BCUT2D eigenvalue weighted by atomic mass is 32.1. The number of benzene rings is 1. The van der Waals surface area contributed by atoms with Crippen LogP contribution in [0.3, 0.4) is 0 Å². The Morgan fingerprint density at radius 1 is 1.13 bits per heavy atom. The zero-order valence-electron chi connectivity index (χ0n) is 16.8. The molecule has 1 aliphatic rings. The molecule has 158 valence electrons. The number of carbonyl (C=O) groups excluding carboxylic acids is 3. The van der Waals surface area contributed by atoms with Crippen LogP contribution in [-0.4, -0.2) is 24.5 Å². The van der Waals surface area contributed by atoms with E-state index in [2.05, 4.69) is 17.4 Å². The summed E-state index contributed by atoms with van der Waals surface area (Å²) in [5.74, 6) is -2.08. The van der Waals surface area contributed by atoms with Crippen LogP contribution in [-0.2, 0) is 14.3 Å². The van der Waals surface area contributed by atoms with Crippen LogP contribution in [0.4, 0.5) is 5.00 Å². The van der Waals surface area contributed by atoms with Crippen LogP contribution < -0.4 is 10.4 Å². The van der Waals surface area contributed by atoms with Crippen LogP contribution in [0.15, 0.2) is 41.8 Å². The summed E-state index contributed by atoms with van der Waals surface area (Å²) < 4.78 is 5.18. The van der Waals surface area contributed by atoms with Gasteiger partial charge in [-0.2, -0.15) is 0 Å². The zero-order valence-corrected chi connectivity index (χ0v) is 17.6. The Balaban J connectivity index is 1.88. The van der Waals surface area contributed by atoms with E-state index in [1.54, 1.807) is 12.3 Å². The molecule has 0 spiro atoms. The molecule has 6 nitrogen and oxygen atoms in total. The summed E-state index contributed by atoms with van der Waals surface area (Å²) >= 11 is 1.19. The van der Waals surface area contributed by atoms with Gasteiger partial charge in [-0.05, 0) is 42.9 Å². The van der Waals surface area contributed by atoms with Crippen molar-refractivity contribution < 1.29 is 24.2 Å². The number of anilines is 1. The number of hydrogen-bond acceptors (Lipinski definition) is 6. The van der Waals surface area contributed by atoms with Crippen molar-refractivity contribution in [2.24, 2.45) is 0 Å². The fraction of sp³-hybridized carbons (Fsp3) is 0.348. The molecule has 0 unspecified atom stereocenters. The standard InChI is InChI=1S/C23H25NO5S/c1-2-29-23(28)21-18(14-30-22(21)24-19(25)12-13-20(26)27)17-10-8-16(9-11-17)15-6-4-3-5-7-15/h8-15H,2-7H2,1H3,(H,24,25)(H,26,27)/p-1. The summed E-state index contributed by atoms with van der Waals surface area (Å²) in [6, 6.07) is 8.21. The number of carboxylic acids is 1. The van der Waals surface area contributed by atoms with Gasteiger partial charge in [-0.1, -0.05) is 43.5 Å². The predicted octanol–water partition coefficient (Wildman–Crippen LogP) is 3.88. The molecule has 0 saturated heterocycles. The quantitative estimate of drug-likeness (QED) is 0.535. The first-order chi connectivity index (χ1) is 14.5. The number of esters is 1. The highest BCUT2D eigenvalue weighted by molar-refractivity contribution is 7.15. The Hall–Kier alpha value is -2.93. The molecule has 3 rings (SSSR count). The average molecular weight is 427 g/mol. The van der Waals surface area contributed by atoms with Gasteiger partial charge in [0.15, 0.2) is 0 Å². The Morgan fingerprint density at radius 2 is 1.83 bits per heavy atom. The molecular formula is C23H24NO5S-. The van der Waals surface area contributed by atoms with Gasteiger partial charge in [0.05, 0.1) is 12.6 Å². The van der Waals surface area contributed by atoms with E-state index in [0.29, 0.717) is 22.6 Å². The van der Waals surface area contributed by atoms with Crippen molar-refractivity contribution in [1.29, 1.82) is 0 Å². The van der Waals surface area contributed by atoms with Gasteiger partial charge >= 0.3 is 5.97 Å². The van der Waals surface area contributed by atoms with E-state index < -0.39 is 17.8 Å². The van der Waals surface area contributed by atoms with Gasteiger partial charge in [-0.15, -0.1) is 11.3 Å². The van der Waals surface area contributed by atoms with Gasteiger partial charge in [0.2, 0.25) is 5.91 Å². The maximum atomic E-state index is 12.6. The normalized spacial score (nSPS) is 14.6. The highest BCUT2D eigenvalue weighted by Gasteiger charge is 2.23. The second-order valence-corrected chi connectivity index (χ2v) is 8.05. The lowest BCUT2D eigenvalue weighted by Gasteiger charge is -2.22. The molecule has 0 aliphatic heterocycles. The third kappa shape index (κ3) is 5.36. The Kier molecular flexibility index (Phi) is 7.41. The van der Waals surface area contributed by atoms with Crippen molar-refractivity contribution in [1.82, 2.24) is 0 Å². The third-order valence-electron chi connectivity index (χ3n) is 5.18. The minimum Gasteiger partial charge on any atom is -0.545 e. The Labute approximate surface area is 179 Å². The van der Waals surface area contributed by atoms with Crippen molar-refractivity contribution in [3.63, 3.8) is 0 Å². The maximum Gasteiger partial charge on any atom is 0.341 e. The van der Waals surface area contributed by atoms with E-state index >= 15 is 0 Å². The summed E-state index contributed by atoms with van der Waals surface area (Å²) in [5.41, 5.74) is 3.11. The number of hydrogen-bond donors (Lipinski definition) is 1. The number of rotatable bonds is 7. The predicted molar refractivity (Wildman–Crippen MR) is 114 cm³/mol. The number of nitrogens with one attached hydrogen (secondary N) is 1. The number of aliphatic carboxylic acids is 1. The van der Waals surface area contributed by atoms with Crippen LogP contribution in [0.25, 0.3) is 11.1 Å². The number of ether oxygens (including phenoxy) is 1. The van der Waals surface area contributed by atoms with Crippen molar-refractivity contribution in [3.05, 3.63) is 52.9 Å². The molecular weight excluding hydrogens is 402 g/mol. The first-order valence-corrected chi connectivity index (χ1v) is 11.0. The highest BCUT2D eigenvalue weighted by Crippen LogP contribution is 2.38. The van der Waals surface area contributed by atoms with Gasteiger partial charge < -0.3 is 20.0 Å². The van der Waals surface area contributed by atoms with E-state index in [-0.39, 0.29) is 12.2 Å². The second kappa shape index (κ2) is 10.2. The Morgan fingerprint density at radius 3 is 2.47 bits per heavy atom. The molecule has 1 aromatic heterocycles. The lowest BCUT2D eigenvalue weighted by Crippen LogP contribution is -2.20.